The molecule has 0 atom stereocenters. The summed E-state index contributed by atoms with van der Waals surface area (Å²) in [5.74, 6) is 2.81. The molecule has 0 bridgehead atoms. The Morgan fingerprint density at radius 2 is 1.25 bits per heavy atom. The Bertz CT molecular complexity index is 2090. The van der Waals surface area contributed by atoms with Gasteiger partial charge in [0.05, 0.1) is 47.4 Å². The molecule has 0 saturated carbocycles. The zero-order valence-corrected chi connectivity index (χ0v) is 25.1. The third-order valence-corrected chi connectivity index (χ3v) is 8.86. The standard InChI is InChI=1S/C36H28N2O5S/c1-41-25-19-24(20-26(21-25)42-2)29-22-30(23-15-17-27(18-16-23)44(3,39)40)37-36-28(29)9-8-12-33(36)38-31-10-4-6-13-34(31)43-35-14-7-5-11-32(35)38/h4-22H,1-3H3. The van der Waals surface area contributed by atoms with Gasteiger partial charge in [0.25, 0.3) is 0 Å². The van der Waals surface area contributed by atoms with Crippen molar-refractivity contribution in [3.63, 3.8) is 0 Å². The van der Waals surface area contributed by atoms with Crippen molar-refractivity contribution in [3.8, 4) is 45.4 Å². The number of hydrogen-bond donors (Lipinski definition) is 0. The summed E-state index contributed by atoms with van der Waals surface area (Å²) in [4.78, 5) is 7.66. The molecule has 0 unspecified atom stereocenters. The lowest BCUT2D eigenvalue weighted by molar-refractivity contribution is 0.394. The van der Waals surface area contributed by atoms with Gasteiger partial charge in [0.1, 0.15) is 11.5 Å². The minimum absolute atomic E-state index is 0.252. The van der Waals surface area contributed by atoms with Crippen LogP contribution in [0, 0.1) is 0 Å². The molecular formula is C36H28N2O5S. The first kappa shape index (κ1) is 27.5. The number of fused-ring (bicyclic) bond motifs is 3. The fourth-order valence-corrected chi connectivity index (χ4v) is 6.23. The molecule has 7 nitrogen and oxygen atoms in total. The molecule has 0 aliphatic carbocycles. The Balaban J connectivity index is 1.53. The molecule has 44 heavy (non-hydrogen) atoms. The number of ether oxygens (including phenoxy) is 3. The van der Waals surface area contributed by atoms with Crippen molar-refractivity contribution in [2.24, 2.45) is 0 Å². The molecule has 0 radical (unpaired) electrons. The molecule has 1 aromatic heterocycles. The molecule has 0 amide bonds. The van der Waals surface area contributed by atoms with Gasteiger partial charge >= 0.3 is 0 Å². The van der Waals surface area contributed by atoms with E-state index in [0.717, 1.165) is 56.2 Å². The summed E-state index contributed by atoms with van der Waals surface area (Å²) >= 11 is 0. The number of nitrogens with zero attached hydrogens (tertiary/aromatic N) is 2. The summed E-state index contributed by atoms with van der Waals surface area (Å²) in [5.41, 5.74) is 6.72. The van der Waals surface area contributed by atoms with Crippen LogP contribution in [-0.4, -0.2) is 33.9 Å². The molecule has 0 saturated heterocycles. The molecule has 0 fully saturated rings. The van der Waals surface area contributed by atoms with Crippen LogP contribution in [0.1, 0.15) is 0 Å². The van der Waals surface area contributed by atoms with E-state index in [2.05, 4.69) is 17.0 Å². The van der Waals surface area contributed by atoms with Crippen LogP contribution < -0.4 is 19.1 Å². The van der Waals surface area contributed by atoms with Crippen molar-refractivity contribution in [1.82, 2.24) is 4.98 Å². The van der Waals surface area contributed by atoms with Gasteiger partial charge in [0.15, 0.2) is 21.3 Å². The van der Waals surface area contributed by atoms with Gasteiger partial charge in [-0.1, -0.05) is 48.5 Å². The number of sulfone groups is 1. The lowest BCUT2D eigenvalue weighted by Crippen LogP contribution is -2.16. The van der Waals surface area contributed by atoms with E-state index in [-0.39, 0.29) is 4.90 Å². The summed E-state index contributed by atoms with van der Waals surface area (Å²) in [7, 11) is -0.0910. The Kier molecular flexibility index (Phi) is 6.71. The Morgan fingerprint density at radius 3 is 1.84 bits per heavy atom. The Hall–Kier alpha value is -5.34. The van der Waals surface area contributed by atoms with Gasteiger partial charge < -0.3 is 19.1 Å². The third-order valence-electron chi connectivity index (χ3n) is 7.73. The van der Waals surface area contributed by atoms with Crippen LogP contribution in [-0.2, 0) is 9.84 Å². The van der Waals surface area contributed by atoms with E-state index >= 15 is 0 Å². The van der Waals surface area contributed by atoms with Crippen LogP contribution in [0.15, 0.2) is 120 Å². The van der Waals surface area contributed by atoms with Crippen LogP contribution in [0.4, 0.5) is 17.1 Å². The fraction of sp³-hybridized carbons (Fsp3) is 0.0833. The number of para-hydroxylation sites is 5. The summed E-state index contributed by atoms with van der Waals surface area (Å²) < 4.78 is 41.9. The average molecular weight is 601 g/mol. The fourth-order valence-electron chi connectivity index (χ4n) is 5.60. The van der Waals surface area contributed by atoms with E-state index < -0.39 is 9.84 Å². The van der Waals surface area contributed by atoms with Crippen LogP contribution in [0.2, 0.25) is 0 Å². The second-order valence-corrected chi connectivity index (χ2v) is 12.5. The molecule has 6 aromatic rings. The maximum Gasteiger partial charge on any atom is 0.175 e. The smallest absolute Gasteiger partial charge is 0.175 e. The first-order valence-electron chi connectivity index (χ1n) is 14.0. The highest BCUT2D eigenvalue weighted by Crippen LogP contribution is 2.52. The highest BCUT2D eigenvalue weighted by molar-refractivity contribution is 7.90. The number of methoxy groups -OCH3 is 2. The molecule has 7 rings (SSSR count). The topological polar surface area (TPSA) is 78.0 Å². The highest BCUT2D eigenvalue weighted by atomic mass is 32.2. The highest BCUT2D eigenvalue weighted by Gasteiger charge is 2.27. The van der Waals surface area contributed by atoms with Crippen molar-refractivity contribution in [1.29, 1.82) is 0 Å². The second-order valence-electron chi connectivity index (χ2n) is 10.5. The van der Waals surface area contributed by atoms with E-state index in [1.54, 1.807) is 38.5 Å². The van der Waals surface area contributed by atoms with Crippen molar-refractivity contribution >= 4 is 37.8 Å². The lowest BCUT2D eigenvalue weighted by atomic mass is 9.96. The minimum atomic E-state index is -3.35. The Morgan fingerprint density at radius 1 is 0.659 bits per heavy atom. The average Bonchev–Trinajstić information content (AvgIpc) is 3.05. The maximum absolute atomic E-state index is 12.2. The van der Waals surface area contributed by atoms with E-state index in [1.165, 1.54) is 6.26 Å². The molecule has 1 aliphatic rings. The predicted molar refractivity (Wildman–Crippen MR) is 174 cm³/mol. The number of hydrogen-bond acceptors (Lipinski definition) is 7. The van der Waals surface area contributed by atoms with Crippen molar-refractivity contribution in [2.75, 3.05) is 25.4 Å². The molecule has 5 aromatic carbocycles. The van der Waals surface area contributed by atoms with Crippen molar-refractivity contribution in [3.05, 3.63) is 115 Å². The second kappa shape index (κ2) is 10.7. The lowest BCUT2D eigenvalue weighted by Gasteiger charge is -2.33. The zero-order valence-electron chi connectivity index (χ0n) is 24.3. The van der Waals surface area contributed by atoms with Crippen LogP contribution >= 0.6 is 0 Å². The first-order chi connectivity index (χ1) is 21.3. The van der Waals surface area contributed by atoms with Crippen LogP contribution in [0.3, 0.4) is 0 Å². The number of benzene rings is 5. The SMILES string of the molecule is COc1cc(OC)cc(-c2cc(-c3ccc(S(C)(=O)=O)cc3)nc3c(N4c5ccccc5Oc5ccccc54)cccc23)c1. The molecule has 0 spiro atoms. The van der Waals surface area contributed by atoms with Gasteiger partial charge in [-0.15, -0.1) is 0 Å². The summed E-state index contributed by atoms with van der Waals surface area (Å²) in [6, 6.07) is 36.6. The van der Waals surface area contributed by atoms with Gasteiger partial charge in [-0.3, -0.25) is 0 Å². The normalized spacial score (nSPS) is 12.3. The molecule has 2 heterocycles. The van der Waals surface area contributed by atoms with Gasteiger partial charge in [0.2, 0.25) is 0 Å². The number of pyridine rings is 1. The van der Waals surface area contributed by atoms with Gasteiger partial charge in [-0.2, -0.15) is 0 Å². The summed E-state index contributed by atoms with van der Waals surface area (Å²) in [6.45, 7) is 0. The minimum Gasteiger partial charge on any atom is -0.497 e. The number of aromatic nitrogens is 1. The largest absolute Gasteiger partial charge is 0.497 e. The van der Waals surface area contributed by atoms with Crippen LogP contribution in [0.25, 0.3) is 33.3 Å². The summed E-state index contributed by atoms with van der Waals surface area (Å²) in [6.07, 6.45) is 1.20. The van der Waals surface area contributed by atoms with E-state index in [4.69, 9.17) is 19.2 Å². The third kappa shape index (κ3) is 4.79. The van der Waals surface area contributed by atoms with Crippen molar-refractivity contribution in [2.45, 2.75) is 4.90 Å². The monoisotopic (exact) mass is 600 g/mol. The quantitative estimate of drug-likeness (QED) is 0.189. The predicted octanol–water partition coefficient (Wildman–Crippen LogP) is 8.57. The first-order valence-corrected chi connectivity index (χ1v) is 15.9. The molecular weight excluding hydrogens is 572 g/mol. The molecule has 218 valence electrons. The van der Waals surface area contributed by atoms with E-state index in [0.29, 0.717) is 17.2 Å². The number of anilines is 3. The number of rotatable bonds is 6. The Labute approximate surface area is 255 Å². The van der Waals surface area contributed by atoms with Crippen LogP contribution in [0.5, 0.6) is 23.0 Å². The summed E-state index contributed by atoms with van der Waals surface area (Å²) in [5, 5.41) is 0.927. The molecule has 8 heteroatoms. The van der Waals surface area contributed by atoms with Gasteiger partial charge in [0, 0.05) is 23.3 Å². The molecule has 1 aliphatic heterocycles. The van der Waals surface area contributed by atoms with E-state index in [1.807, 2.05) is 78.9 Å². The maximum atomic E-state index is 12.2. The zero-order chi connectivity index (χ0) is 30.4. The van der Waals surface area contributed by atoms with E-state index in [9.17, 15) is 8.42 Å². The van der Waals surface area contributed by atoms with Gasteiger partial charge in [-0.05, 0) is 71.8 Å². The van der Waals surface area contributed by atoms with Crippen molar-refractivity contribution < 1.29 is 22.6 Å². The molecule has 0 N–H and O–H groups in total. The van der Waals surface area contributed by atoms with Gasteiger partial charge in [-0.25, -0.2) is 13.4 Å².